The van der Waals surface area contributed by atoms with Crippen molar-refractivity contribution in [3.63, 3.8) is 0 Å². The van der Waals surface area contributed by atoms with Gasteiger partial charge in [0.15, 0.2) is 11.5 Å². The predicted molar refractivity (Wildman–Crippen MR) is 72.0 cm³/mol. The summed E-state index contributed by atoms with van der Waals surface area (Å²) in [6.45, 7) is 3.42. The number of nitrogens with two attached hydrogens (primary N) is 1. The lowest BCUT2D eigenvalue weighted by Crippen LogP contribution is -2.12. The molecule has 1 unspecified atom stereocenters. The number of aromatic nitrogens is 2. The Bertz CT molecular complexity index is 601. The van der Waals surface area contributed by atoms with Crippen molar-refractivity contribution in [1.29, 1.82) is 0 Å². The van der Waals surface area contributed by atoms with E-state index in [2.05, 4.69) is 16.9 Å². The quantitative estimate of drug-likeness (QED) is 0.847. The summed E-state index contributed by atoms with van der Waals surface area (Å²) in [6, 6.07) is 7.51. The van der Waals surface area contributed by atoms with E-state index >= 15 is 0 Å². The Hall–Kier alpha value is -2.30. The molecule has 98 valence electrons. The van der Waals surface area contributed by atoms with Crippen molar-refractivity contribution in [2.45, 2.75) is 6.92 Å². The van der Waals surface area contributed by atoms with Gasteiger partial charge in [-0.1, -0.05) is 6.92 Å². The average Bonchev–Trinajstić information content (AvgIpc) is 2.61. The number of hydrogen-bond acceptors (Lipinski definition) is 5. The molecule has 0 spiro atoms. The second-order valence-electron chi connectivity index (χ2n) is 4.72. The van der Waals surface area contributed by atoms with Crippen LogP contribution in [0.25, 0.3) is 11.3 Å². The van der Waals surface area contributed by atoms with Crippen LogP contribution in [0.2, 0.25) is 0 Å². The normalized spacial score (nSPS) is 17.8. The van der Waals surface area contributed by atoms with E-state index in [0.29, 0.717) is 24.9 Å². The van der Waals surface area contributed by atoms with Crippen LogP contribution in [-0.4, -0.2) is 23.2 Å². The van der Waals surface area contributed by atoms with Gasteiger partial charge in [-0.15, -0.1) is 0 Å². The smallest absolute Gasteiger partial charge is 0.161 e. The lowest BCUT2D eigenvalue weighted by atomic mass is 10.1. The number of ether oxygens (including phenoxy) is 2. The number of anilines is 1. The predicted octanol–water partition coefficient (Wildman–Crippen LogP) is 2.13. The highest BCUT2D eigenvalue weighted by molar-refractivity contribution is 5.65. The molecule has 0 saturated heterocycles. The minimum absolute atomic E-state index is 0.380. The first-order valence-electron chi connectivity index (χ1n) is 6.20. The van der Waals surface area contributed by atoms with Crippen LogP contribution in [0.4, 0.5) is 5.82 Å². The maximum absolute atomic E-state index is 5.75. The van der Waals surface area contributed by atoms with Gasteiger partial charge in [-0.05, 0) is 18.2 Å². The first kappa shape index (κ1) is 11.8. The molecule has 1 aromatic heterocycles. The van der Waals surface area contributed by atoms with E-state index in [0.717, 1.165) is 22.8 Å². The summed E-state index contributed by atoms with van der Waals surface area (Å²) >= 11 is 0. The van der Waals surface area contributed by atoms with Crippen molar-refractivity contribution in [3.05, 3.63) is 30.6 Å². The highest BCUT2D eigenvalue weighted by Crippen LogP contribution is 2.34. The zero-order chi connectivity index (χ0) is 13.2. The number of benzene rings is 1. The van der Waals surface area contributed by atoms with E-state index in [9.17, 15) is 0 Å². The first-order chi connectivity index (χ1) is 9.22. The zero-order valence-corrected chi connectivity index (χ0v) is 10.7. The van der Waals surface area contributed by atoms with E-state index in [4.69, 9.17) is 15.2 Å². The standard InChI is InChI=1S/C14H15N3O2/c1-9-6-18-12-3-2-10(4-13(12)19-7-9)11-5-14(15)17-8-16-11/h2-5,8-9H,6-7H2,1H3,(H2,15,16,17). The van der Waals surface area contributed by atoms with Gasteiger partial charge in [-0.2, -0.15) is 0 Å². The molecule has 1 atom stereocenters. The van der Waals surface area contributed by atoms with Gasteiger partial charge in [-0.25, -0.2) is 9.97 Å². The Morgan fingerprint density at radius 1 is 1.11 bits per heavy atom. The lowest BCUT2D eigenvalue weighted by Gasteiger charge is -2.09. The SMILES string of the molecule is CC1COc2ccc(-c3cc(N)ncn3)cc2OC1. The molecule has 1 aliphatic rings. The molecule has 5 nitrogen and oxygen atoms in total. The summed E-state index contributed by atoms with van der Waals surface area (Å²) in [5.41, 5.74) is 7.38. The third kappa shape index (κ3) is 2.45. The molecule has 0 bridgehead atoms. The van der Waals surface area contributed by atoms with Gasteiger partial charge in [0, 0.05) is 17.5 Å². The number of fused-ring (bicyclic) bond motifs is 1. The van der Waals surface area contributed by atoms with Gasteiger partial charge in [0.25, 0.3) is 0 Å². The Balaban J connectivity index is 1.97. The Kier molecular flexibility index (Phi) is 2.95. The van der Waals surface area contributed by atoms with Crippen LogP contribution in [0, 0.1) is 5.92 Å². The minimum Gasteiger partial charge on any atom is -0.489 e. The molecule has 1 aliphatic heterocycles. The lowest BCUT2D eigenvalue weighted by molar-refractivity contribution is 0.228. The van der Waals surface area contributed by atoms with Crippen LogP contribution < -0.4 is 15.2 Å². The van der Waals surface area contributed by atoms with Crippen molar-refractivity contribution in [2.75, 3.05) is 18.9 Å². The summed E-state index contributed by atoms with van der Waals surface area (Å²) in [6.07, 6.45) is 1.45. The van der Waals surface area contributed by atoms with Gasteiger partial charge in [0.1, 0.15) is 12.1 Å². The summed E-state index contributed by atoms with van der Waals surface area (Å²) in [7, 11) is 0. The fourth-order valence-corrected chi connectivity index (χ4v) is 1.94. The number of nitrogen functional groups attached to an aromatic ring is 1. The van der Waals surface area contributed by atoms with Crippen LogP contribution in [0.1, 0.15) is 6.92 Å². The molecule has 19 heavy (non-hydrogen) atoms. The van der Waals surface area contributed by atoms with E-state index < -0.39 is 0 Å². The van der Waals surface area contributed by atoms with Crippen LogP contribution in [-0.2, 0) is 0 Å². The largest absolute Gasteiger partial charge is 0.489 e. The fourth-order valence-electron chi connectivity index (χ4n) is 1.94. The van der Waals surface area contributed by atoms with Crippen molar-refractivity contribution >= 4 is 5.82 Å². The van der Waals surface area contributed by atoms with Crippen LogP contribution in [0.3, 0.4) is 0 Å². The van der Waals surface area contributed by atoms with Crippen LogP contribution in [0.5, 0.6) is 11.5 Å². The molecule has 0 saturated carbocycles. The van der Waals surface area contributed by atoms with E-state index in [1.165, 1.54) is 6.33 Å². The second-order valence-corrected chi connectivity index (χ2v) is 4.72. The van der Waals surface area contributed by atoms with Gasteiger partial charge >= 0.3 is 0 Å². The first-order valence-corrected chi connectivity index (χ1v) is 6.20. The third-order valence-corrected chi connectivity index (χ3v) is 2.97. The molecule has 1 aromatic carbocycles. The highest BCUT2D eigenvalue weighted by atomic mass is 16.5. The number of rotatable bonds is 1. The summed E-state index contributed by atoms with van der Waals surface area (Å²) in [5.74, 6) is 2.35. The van der Waals surface area contributed by atoms with E-state index in [-0.39, 0.29) is 0 Å². The molecule has 3 rings (SSSR count). The molecule has 0 amide bonds. The Labute approximate surface area is 111 Å². The molecule has 5 heteroatoms. The monoisotopic (exact) mass is 257 g/mol. The zero-order valence-electron chi connectivity index (χ0n) is 10.7. The molecule has 2 N–H and O–H groups in total. The summed E-state index contributed by atoms with van der Waals surface area (Å²) in [5, 5.41) is 0. The molecular formula is C14H15N3O2. The topological polar surface area (TPSA) is 70.3 Å². The maximum Gasteiger partial charge on any atom is 0.161 e. The van der Waals surface area contributed by atoms with Gasteiger partial charge in [0.05, 0.1) is 18.9 Å². The van der Waals surface area contributed by atoms with Gasteiger partial charge < -0.3 is 15.2 Å². The van der Waals surface area contributed by atoms with Crippen LogP contribution >= 0.6 is 0 Å². The van der Waals surface area contributed by atoms with Crippen LogP contribution in [0.15, 0.2) is 30.6 Å². The average molecular weight is 257 g/mol. The third-order valence-electron chi connectivity index (χ3n) is 2.97. The number of hydrogen-bond donors (Lipinski definition) is 1. The fraction of sp³-hybridized carbons (Fsp3) is 0.286. The Morgan fingerprint density at radius 3 is 2.68 bits per heavy atom. The molecule has 2 aromatic rings. The maximum atomic E-state index is 5.75. The molecule has 0 aliphatic carbocycles. The molecular weight excluding hydrogens is 242 g/mol. The summed E-state index contributed by atoms with van der Waals surface area (Å²) in [4.78, 5) is 8.10. The van der Waals surface area contributed by atoms with Gasteiger partial charge in [-0.3, -0.25) is 0 Å². The van der Waals surface area contributed by atoms with Crippen molar-refractivity contribution < 1.29 is 9.47 Å². The Morgan fingerprint density at radius 2 is 1.89 bits per heavy atom. The van der Waals surface area contributed by atoms with Crippen molar-refractivity contribution in [2.24, 2.45) is 5.92 Å². The number of nitrogens with zero attached hydrogens (tertiary/aromatic N) is 2. The molecule has 0 fully saturated rings. The molecule has 2 heterocycles. The highest BCUT2D eigenvalue weighted by Gasteiger charge is 2.15. The minimum atomic E-state index is 0.380. The van der Waals surface area contributed by atoms with Crippen molar-refractivity contribution in [3.8, 4) is 22.8 Å². The van der Waals surface area contributed by atoms with Gasteiger partial charge in [0.2, 0.25) is 0 Å². The van der Waals surface area contributed by atoms with E-state index in [1.54, 1.807) is 6.07 Å². The second kappa shape index (κ2) is 4.76. The summed E-state index contributed by atoms with van der Waals surface area (Å²) < 4.78 is 11.4. The van der Waals surface area contributed by atoms with E-state index in [1.807, 2.05) is 18.2 Å². The van der Waals surface area contributed by atoms with Crippen molar-refractivity contribution in [1.82, 2.24) is 9.97 Å². The molecule has 0 radical (unpaired) electrons.